The Morgan fingerprint density at radius 2 is 1.59 bits per heavy atom. The fourth-order valence-corrected chi connectivity index (χ4v) is 5.00. The van der Waals surface area contributed by atoms with Gasteiger partial charge in [0.15, 0.2) is 12.4 Å². The van der Waals surface area contributed by atoms with Crippen molar-refractivity contribution >= 4 is 29.3 Å². The van der Waals surface area contributed by atoms with Gasteiger partial charge in [0.1, 0.15) is 5.75 Å². The summed E-state index contributed by atoms with van der Waals surface area (Å²) in [4.78, 5) is 51.7. The van der Waals surface area contributed by atoms with Crippen LogP contribution in [-0.2, 0) is 14.3 Å². The molecule has 2 amide bonds. The van der Waals surface area contributed by atoms with E-state index in [0.717, 1.165) is 6.42 Å². The molecule has 1 heterocycles. The number of ether oxygens (including phenoxy) is 2. The molecule has 7 nitrogen and oxygen atoms in total. The van der Waals surface area contributed by atoms with Crippen molar-refractivity contribution in [2.45, 2.75) is 6.42 Å². The van der Waals surface area contributed by atoms with E-state index < -0.39 is 12.6 Å². The molecule has 1 saturated carbocycles. The van der Waals surface area contributed by atoms with Crippen LogP contribution < -0.4 is 9.64 Å². The summed E-state index contributed by atoms with van der Waals surface area (Å²) in [6.07, 6.45) is 4.97. The number of ketones is 1. The zero-order valence-corrected chi connectivity index (χ0v) is 17.4. The summed E-state index contributed by atoms with van der Waals surface area (Å²) in [7, 11) is 1.50. The molecule has 0 N–H and O–H groups in total. The number of hydrogen-bond donors (Lipinski definition) is 0. The minimum Gasteiger partial charge on any atom is -0.497 e. The third-order valence-corrected chi connectivity index (χ3v) is 6.56. The molecule has 7 heteroatoms. The number of allylic oxidation sites excluding steroid dienone is 2. The smallest absolute Gasteiger partial charge is 0.338 e. The topological polar surface area (TPSA) is 90.0 Å². The van der Waals surface area contributed by atoms with Crippen molar-refractivity contribution in [1.29, 1.82) is 0 Å². The average Bonchev–Trinajstić information content (AvgIpc) is 3.51. The lowest BCUT2D eigenvalue weighted by Crippen LogP contribution is -2.32. The molecule has 4 atom stereocenters. The molecule has 2 bridgehead atoms. The van der Waals surface area contributed by atoms with E-state index in [1.165, 1.54) is 24.1 Å². The summed E-state index contributed by atoms with van der Waals surface area (Å²) in [5, 5.41) is 0. The highest BCUT2D eigenvalue weighted by atomic mass is 16.5. The monoisotopic (exact) mass is 431 g/mol. The number of imide groups is 1. The van der Waals surface area contributed by atoms with Gasteiger partial charge in [0.2, 0.25) is 11.8 Å². The number of fused-ring (bicyclic) bond motifs is 5. The lowest BCUT2D eigenvalue weighted by atomic mass is 9.85. The van der Waals surface area contributed by atoms with Gasteiger partial charge >= 0.3 is 5.97 Å². The maximum atomic E-state index is 12.9. The van der Waals surface area contributed by atoms with Gasteiger partial charge in [-0.15, -0.1) is 0 Å². The molecule has 2 aromatic carbocycles. The highest BCUT2D eigenvalue weighted by Gasteiger charge is 2.59. The van der Waals surface area contributed by atoms with Crippen molar-refractivity contribution in [3.05, 3.63) is 71.8 Å². The van der Waals surface area contributed by atoms with Crippen LogP contribution >= 0.6 is 0 Å². The second kappa shape index (κ2) is 7.75. The average molecular weight is 431 g/mol. The van der Waals surface area contributed by atoms with Gasteiger partial charge in [0.05, 0.1) is 30.2 Å². The van der Waals surface area contributed by atoms with E-state index in [0.29, 0.717) is 17.0 Å². The second-order valence-corrected chi connectivity index (χ2v) is 8.29. The molecule has 0 spiro atoms. The Hall–Kier alpha value is -3.74. The Labute approximate surface area is 184 Å². The lowest BCUT2D eigenvalue weighted by Gasteiger charge is -2.17. The van der Waals surface area contributed by atoms with Crippen LogP contribution in [0, 0.1) is 23.7 Å². The zero-order chi connectivity index (χ0) is 22.4. The van der Waals surface area contributed by atoms with Gasteiger partial charge in [-0.1, -0.05) is 24.3 Å². The van der Waals surface area contributed by atoms with E-state index in [2.05, 4.69) is 0 Å². The number of hydrogen-bond acceptors (Lipinski definition) is 6. The normalized spacial score (nSPS) is 25.2. The van der Waals surface area contributed by atoms with Gasteiger partial charge < -0.3 is 9.47 Å². The zero-order valence-electron chi connectivity index (χ0n) is 17.4. The molecule has 162 valence electrons. The van der Waals surface area contributed by atoms with Crippen molar-refractivity contribution in [3.8, 4) is 5.75 Å². The van der Waals surface area contributed by atoms with E-state index >= 15 is 0 Å². The Balaban J connectivity index is 1.24. The van der Waals surface area contributed by atoms with Crippen LogP contribution in [0.1, 0.15) is 27.1 Å². The van der Waals surface area contributed by atoms with Crippen LogP contribution in [0.3, 0.4) is 0 Å². The molecule has 0 unspecified atom stereocenters. The first-order valence-corrected chi connectivity index (χ1v) is 10.5. The Bertz CT molecular complexity index is 1120. The second-order valence-electron chi connectivity index (χ2n) is 8.29. The van der Waals surface area contributed by atoms with E-state index in [9.17, 15) is 19.2 Å². The van der Waals surface area contributed by atoms with Crippen molar-refractivity contribution in [2.75, 3.05) is 18.6 Å². The first-order valence-electron chi connectivity index (χ1n) is 10.5. The number of benzene rings is 2. The van der Waals surface area contributed by atoms with Crippen LogP contribution in [0.2, 0.25) is 0 Å². The number of Topliss-reactive ketones (excluding diaryl/α,β-unsaturated/α-hetero) is 1. The van der Waals surface area contributed by atoms with E-state index in [-0.39, 0.29) is 46.8 Å². The molecule has 1 saturated heterocycles. The highest BCUT2D eigenvalue weighted by molar-refractivity contribution is 6.22. The molecule has 2 aliphatic carbocycles. The van der Waals surface area contributed by atoms with E-state index in [1.807, 2.05) is 12.2 Å². The summed E-state index contributed by atoms with van der Waals surface area (Å²) < 4.78 is 10.2. The van der Waals surface area contributed by atoms with Crippen molar-refractivity contribution in [3.63, 3.8) is 0 Å². The number of esters is 1. The van der Waals surface area contributed by atoms with Crippen LogP contribution in [0.15, 0.2) is 60.7 Å². The van der Waals surface area contributed by atoms with Crippen molar-refractivity contribution < 1.29 is 28.7 Å². The fourth-order valence-electron chi connectivity index (χ4n) is 5.00. The van der Waals surface area contributed by atoms with Gasteiger partial charge in [-0.25, -0.2) is 4.79 Å². The minimum absolute atomic E-state index is 0.142. The van der Waals surface area contributed by atoms with Gasteiger partial charge in [-0.05, 0) is 54.7 Å². The van der Waals surface area contributed by atoms with Crippen LogP contribution in [0.25, 0.3) is 0 Å². The van der Waals surface area contributed by atoms with Gasteiger partial charge in [-0.3, -0.25) is 19.3 Å². The molecule has 3 aliphatic rings. The van der Waals surface area contributed by atoms with Crippen LogP contribution in [-0.4, -0.2) is 37.3 Å². The summed E-state index contributed by atoms with van der Waals surface area (Å²) >= 11 is 0. The lowest BCUT2D eigenvalue weighted by molar-refractivity contribution is -0.123. The van der Waals surface area contributed by atoms with Crippen molar-refractivity contribution in [1.82, 2.24) is 0 Å². The molecular formula is C25H21NO6. The van der Waals surface area contributed by atoms with E-state index in [1.54, 1.807) is 36.4 Å². The Morgan fingerprint density at radius 1 is 0.938 bits per heavy atom. The third kappa shape index (κ3) is 3.21. The molecule has 1 aliphatic heterocycles. The number of methoxy groups -OCH3 is 1. The Kier molecular flexibility index (Phi) is 4.89. The van der Waals surface area contributed by atoms with Crippen LogP contribution in [0.4, 0.5) is 5.69 Å². The molecule has 32 heavy (non-hydrogen) atoms. The molecule has 0 radical (unpaired) electrons. The maximum Gasteiger partial charge on any atom is 0.338 e. The van der Waals surface area contributed by atoms with Gasteiger partial charge in [0.25, 0.3) is 0 Å². The highest BCUT2D eigenvalue weighted by Crippen LogP contribution is 2.53. The largest absolute Gasteiger partial charge is 0.497 e. The fraction of sp³-hybridized carbons (Fsp3) is 0.280. The van der Waals surface area contributed by atoms with Crippen molar-refractivity contribution in [2.24, 2.45) is 23.7 Å². The predicted octanol–water partition coefficient (Wildman–Crippen LogP) is 3.05. The molecule has 5 rings (SSSR count). The summed E-state index contributed by atoms with van der Waals surface area (Å²) in [6, 6.07) is 12.7. The predicted molar refractivity (Wildman–Crippen MR) is 114 cm³/mol. The molecule has 2 fully saturated rings. The SMILES string of the molecule is COc1cccc(C(=O)COC(=O)c2ccc(N3C(=O)[C@@H]4[C@H](C3=O)[C@H]3C=C[C@H]4C3)cc2)c1. The minimum atomic E-state index is -0.661. The number of carbonyl (C=O) groups is 4. The van der Waals surface area contributed by atoms with E-state index in [4.69, 9.17) is 9.47 Å². The molecule has 0 aromatic heterocycles. The van der Waals surface area contributed by atoms with Gasteiger partial charge in [0, 0.05) is 5.56 Å². The molecular weight excluding hydrogens is 410 g/mol. The third-order valence-electron chi connectivity index (χ3n) is 6.56. The molecule has 2 aromatic rings. The Morgan fingerprint density at radius 3 is 2.22 bits per heavy atom. The summed E-state index contributed by atoms with van der Waals surface area (Å²) in [5.41, 5.74) is 1.05. The first-order chi connectivity index (χ1) is 15.5. The number of rotatable bonds is 6. The number of anilines is 1. The maximum absolute atomic E-state index is 12.9. The number of carbonyl (C=O) groups excluding carboxylic acids is 4. The summed E-state index contributed by atoms with van der Waals surface area (Å²) in [6.45, 7) is -0.407. The first kappa shape index (κ1) is 20.2. The van der Waals surface area contributed by atoms with Crippen LogP contribution in [0.5, 0.6) is 5.75 Å². The number of amides is 2. The van der Waals surface area contributed by atoms with Gasteiger partial charge in [-0.2, -0.15) is 0 Å². The number of nitrogens with zero attached hydrogens (tertiary/aromatic N) is 1. The summed E-state index contributed by atoms with van der Waals surface area (Å²) in [5.74, 6) is -1.08. The standard InChI is InChI=1S/C25H21NO6/c1-31-19-4-2-3-15(12-19)20(27)13-32-25(30)14-7-9-18(10-8-14)26-23(28)21-16-5-6-17(11-16)22(21)24(26)29/h2-10,12,16-17,21-22H,11,13H2,1H3/t16-,17-,21-,22+/m0/s1. The quantitative estimate of drug-likeness (QED) is 0.302.